The van der Waals surface area contributed by atoms with Crippen LogP contribution in [0.15, 0.2) is 206 Å². The standard InChI is InChI=1S/C54H34N4S/c1-4-14-35(15-5-1)39-30-40(36-16-6-2-7-17-36)32-41(31-39)52-45-28-29-59-53(45)56-54(55-52)58-49-23-13-11-21-44(49)47-34-38(25-27-51(47)58)37-24-26-50-46(33-37)43-20-10-12-22-48(43)57(50)42-18-8-3-9-19-42/h1-34H. The molecule has 0 fully saturated rings. The summed E-state index contributed by atoms with van der Waals surface area (Å²) in [5, 5.41) is 7.99. The van der Waals surface area contributed by atoms with Crippen LogP contribution in [0.5, 0.6) is 0 Å². The molecule has 0 atom stereocenters. The van der Waals surface area contributed by atoms with Crippen molar-refractivity contribution in [1.29, 1.82) is 0 Å². The van der Waals surface area contributed by atoms with Crippen LogP contribution in [-0.2, 0) is 0 Å². The normalized spacial score (nSPS) is 11.7. The monoisotopic (exact) mass is 770 g/mol. The second-order valence-corrected chi connectivity index (χ2v) is 15.9. The van der Waals surface area contributed by atoms with Crippen molar-refractivity contribution in [2.75, 3.05) is 0 Å². The number of benzene rings is 8. The van der Waals surface area contributed by atoms with Crippen LogP contribution in [-0.4, -0.2) is 19.1 Å². The molecule has 0 amide bonds. The Kier molecular flexibility index (Phi) is 7.68. The third-order valence-corrected chi connectivity index (χ3v) is 12.4. The molecule has 8 aromatic carbocycles. The van der Waals surface area contributed by atoms with Crippen molar-refractivity contribution in [3.8, 4) is 56.3 Å². The Morgan fingerprint density at radius 2 is 0.814 bits per heavy atom. The summed E-state index contributed by atoms with van der Waals surface area (Å²) in [6.07, 6.45) is 0. The molecule has 0 unspecified atom stereocenters. The van der Waals surface area contributed by atoms with Crippen molar-refractivity contribution in [2.24, 2.45) is 0 Å². The lowest BCUT2D eigenvalue weighted by molar-refractivity contribution is 1.02. The van der Waals surface area contributed by atoms with Gasteiger partial charge < -0.3 is 4.57 Å². The van der Waals surface area contributed by atoms with Gasteiger partial charge in [-0.15, -0.1) is 11.3 Å². The topological polar surface area (TPSA) is 35.6 Å². The van der Waals surface area contributed by atoms with E-state index in [9.17, 15) is 0 Å². The van der Waals surface area contributed by atoms with E-state index in [4.69, 9.17) is 9.97 Å². The second-order valence-electron chi connectivity index (χ2n) is 15.0. The predicted octanol–water partition coefficient (Wildman–Crippen LogP) is 14.6. The highest BCUT2D eigenvalue weighted by Gasteiger charge is 2.20. The largest absolute Gasteiger partial charge is 0.309 e. The fourth-order valence-electron chi connectivity index (χ4n) is 8.90. The fourth-order valence-corrected chi connectivity index (χ4v) is 9.66. The maximum absolute atomic E-state index is 5.48. The first kappa shape index (κ1) is 33.5. The molecule has 12 rings (SSSR count). The molecule has 0 aliphatic heterocycles. The average molecular weight is 771 g/mol. The van der Waals surface area contributed by atoms with E-state index < -0.39 is 0 Å². The van der Waals surface area contributed by atoms with Crippen LogP contribution < -0.4 is 0 Å². The van der Waals surface area contributed by atoms with Crippen LogP contribution in [0.2, 0.25) is 0 Å². The van der Waals surface area contributed by atoms with Crippen molar-refractivity contribution < 1.29 is 0 Å². The molecule has 0 bridgehead atoms. The zero-order chi connectivity index (χ0) is 38.9. The summed E-state index contributed by atoms with van der Waals surface area (Å²) in [4.78, 5) is 11.7. The molecule has 4 aromatic heterocycles. The maximum atomic E-state index is 5.48. The highest BCUT2D eigenvalue weighted by molar-refractivity contribution is 7.16. The molecule has 0 N–H and O–H groups in total. The number of hydrogen-bond donors (Lipinski definition) is 0. The third kappa shape index (κ3) is 5.51. The minimum Gasteiger partial charge on any atom is -0.309 e. The third-order valence-electron chi connectivity index (χ3n) is 11.6. The van der Waals surface area contributed by atoms with Crippen molar-refractivity contribution in [2.45, 2.75) is 0 Å². The van der Waals surface area contributed by atoms with E-state index in [1.807, 2.05) is 0 Å². The Hall–Kier alpha value is -7.60. The molecular formula is C54H34N4S. The van der Waals surface area contributed by atoms with E-state index in [-0.39, 0.29) is 0 Å². The number of para-hydroxylation sites is 3. The predicted molar refractivity (Wildman–Crippen MR) is 248 cm³/mol. The van der Waals surface area contributed by atoms with Crippen molar-refractivity contribution in [3.05, 3.63) is 206 Å². The molecule has 59 heavy (non-hydrogen) atoms. The summed E-state index contributed by atoms with van der Waals surface area (Å²) in [6, 6.07) is 71.9. The van der Waals surface area contributed by atoms with Gasteiger partial charge in [-0.3, -0.25) is 4.57 Å². The van der Waals surface area contributed by atoms with Gasteiger partial charge in [-0.05, 0) is 112 Å². The quantitative estimate of drug-likeness (QED) is 0.169. The van der Waals surface area contributed by atoms with E-state index in [1.54, 1.807) is 11.3 Å². The summed E-state index contributed by atoms with van der Waals surface area (Å²) in [7, 11) is 0. The van der Waals surface area contributed by atoms with Crippen LogP contribution >= 0.6 is 11.3 Å². The molecular weight excluding hydrogens is 737 g/mol. The lowest BCUT2D eigenvalue weighted by atomic mass is 9.94. The minimum atomic E-state index is 0.662. The van der Waals surface area contributed by atoms with Crippen molar-refractivity contribution in [3.63, 3.8) is 0 Å². The van der Waals surface area contributed by atoms with Gasteiger partial charge in [0.15, 0.2) is 0 Å². The Morgan fingerprint density at radius 3 is 1.42 bits per heavy atom. The van der Waals surface area contributed by atoms with E-state index in [2.05, 4.69) is 215 Å². The molecule has 0 aliphatic rings. The number of nitrogens with zero attached hydrogens (tertiary/aromatic N) is 4. The molecule has 0 saturated heterocycles. The van der Waals surface area contributed by atoms with Gasteiger partial charge in [-0.25, -0.2) is 9.97 Å². The van der Waals surface area contributed by atoms with Crippen LogP contribution in [0.4, 0.5) is 0 Å². The van der Waals surface area contributed by atoms with Gasteiger partial charge in [0, 0.05) is 38.2 Å². The Bertz CT molecular complexity index is 3490. The Balaban J connectivity index is 1.04. The highest BCUT2D eigenvalue weighted by atomic mass is 32.1. The molecule has 4 nitrogen and oxygen atoms in total. The van der Waals surface area contributed by atoms with Gasteiger partial charge >= 0.3 is 0 Å². The zero-order valence-corrected chi connectivity index (χ0v) is 32.6. The zero-order valence-electron chi connectivity index (χ0n) is 31.8. The molecule has 276 valence electrons. The van der Waals surface area contributed by atoms with Gasteiger partial charge in [0.2, 0.25) is 5.95 Å². The van der Waals surface area contributed by atoms with Crippen LogP contribution in [0.3, 0.4) is 0 Å². The van der Waals surface area contributed by atoms with E-state index in [0.717, 1.165) is 49.3 Å². The van der Waals surface area contributed by atoms with Gasteiger partial charge in [0.1, 0.15) is 4.83 Å². The van der Waals surface area contributed by atoms with Crippen molar-refractivity contribution >= 4 is 65.2 Å². The van der Waals surface area contributed by atoms with Crippen LogP contribution in [0, 0.1) is 0 Å². The minimum absolute atomic E-state index is 0.662. The summed E-state index contributed by atoms with van der Waals surface area (Å²) in [6.45, 7) is 0. The molecule has 12 aromatic rings. The first-order valence-electron chi connectivity index (χ1n) is 19.9. The Labute approximate surface area is 344 Å². The van der Waals surface area contributed by atoms with Crippen LogP contribution in [0.25, 0.3) is 110 Å². The summed E-state index contributed by atoms with van der Waals surface area (Å²) in [5.74, 6) is 0.662. The van der Waals surface area contributed by atoms with Gasteiger partial charge in [0.25, 0.3) is 0 Å². The number of fused-ring (bicyclic) bond motifs is 7. The molecule has 4 heterocycles. The summed E-state index contributed by atoms with van der Waals surface area (Å²) < 4.78 is 4.61. The van der Waals surface area contributed by atoms with Gasteiger partial charge in [-0.2, -0.15) is 0 Å². The lowest BCUT2D eigenvalue weighted by Gasteiger charge is -2.13. The van der Waals surface area contributed by atoms with Crippen molar-refractivity contribution in [1.82, 2.24) is 19.1 Å². The molecule has 0 spiro atoms. The number of hydrogen-bond acceptors (Lipinski definition) is 3. The molecule has 0 saturated carbocycles. The van der Waals surface area contributed by atoms with E-state index >= 15 is 0 Å². The SMILES string of the molecule is c1ccc(-c2cc(-c3ccccc3)cc(-c3nc(-n4c5ccccc5c5cc(-c6ccc7c(c6)c6ccccc6n7-c6ccccc6)ccc54)nc4sccc34)c2)cc1. The number of rotatable bonds is 6. The highest BCUT2D eigenvalue weighted by Crippen LogP contribution is 2.40. The van der Waals surface area contributed by atoms with Gasteiger partial charge in [-0.1, -0.05) is 127 Å². The first-order valence-corrected chi connectivity index (χ1v) is 20.8. The first-order chi connectivity index (χ1) is 29.2. The number of aromatic nitrogens is 4. The van der Waals surface area contributed by atoms with E-state index in [0.29, 0.717) is 5.95 Å². The van der Waals surface area contributed by atoms with Gasteiger partial charge in [0.05, 0.1) is 27.8 Å². The number of thiophene rings is 1. The fraction of sp³-hybridized carbons (Fsp3) is 0. The molecule has 5 heteroatoms. The average Bonchev–Trinajstić information content (AvgIpc) is 4.02. The maximum Gasteiger partial charge on any atom is 0.236 e. The lowest BCUT2D eigenvalue weighted by Crippen LogP contribution is -2.02. The smallest absolute Gasteiger partial charge is 0.236 e. The van der Waals surface area contributed by atoms with Crippen LogP contribution in [0.1, 0.15) is 0 Å². The summed E-state index contributed by atoms with van der Waals surface area (Å²) in [5.41, 5.74) is 14.7. The summed E-state index contributed by atoms with van der Waals surface area (Å²) >= 11 is 1.65. The second kappa shape index (κ2) is 13.5. The van der Waals surface area contributed by atoms with E-state index in [1.165, 1.54) is 54.8 Å². The molecule has 0 radical (unpaired) electrons. The molecule has 0 aliphatic carbocycles. The Morgan fingerprint density at radius 1 is 0.322 bits per heavy atom.